The number of nitrogens with zero attached hydrogens (tertiary/aromatic N) is 3. The molecule has 1 aromatic carbocycles. The van der Waals surface area contributed by atoms with Crippen LogP contribution in [0.4, 0.5) is 11.8 Å². The standard InChI is InChI=1S/C16H17N5O/c1-9-7-10(2)19-15-13(9)14(17)20-16(21-15)18-8-11-3-5-12(22)6-4-11/h3-7,22H,8H2,1-2H3,(H3,17,18,19,20,21). The SMILES string of the molecule is Cc1cc(C)c2c(N)nc(NCc3ccc(O)cc3)nc2n1. The molecule has 0 bridgehead atoms. The lowest BCUT2D eigenvalue weighted by Gasteiger charge is -2.09. The number of benzene rings is 1. The molecular weight excluding hydrogens is 278 g/mol. The number of hydrogen-bond acceptors (Lipinski definition) is 6. The van der Waals surface area contributed by atoms with Crippen LogP contribution >= 0.6 is 0 Å². The van der Waals surface area contributed by atoms with E-state index < -0.39 is 0 Å². The van der Waals surface area contributed by atoms with Gasteiger partial charge < -0.3 is 16.2 Å². The Labute approximate surface area is 128 Å². The van der Waals surface area contributed by atoms with Crippen molar-refractivity contribution in [1.29, 1.82) is 0 Å². The summed E-state index contributed by atoms with van der Waals surface area (Å²) in [6, 6.07) is 8.91. The van der Waals surface area contributed by atoms with Gasteiger partial charge in [-0.1, -0.05) is 12.1 Å². The molecule has 3 rings (SSSR count). The van der Waals surface area contributed by atoms with Gasteiger partial charge in [-0.15, -0.1) is 0 Å². The Balaban J connectivity index is 1.89. The Bertz CT molecular complexity index is 830. The zero-order valence-corrected chi connectivity index (χ0v) is 12.5. The predicted octanol–water partition coefficient (Wildman–Crippen LogP) is 2.54. The number of fused-ring (bicyclic) bond motifs is 1. The average Bonchev–Trinajstić information content (AvgIpc) is 2.45. The number of aryl methyl sites for hydroxylation is 2. The van der Waals surface area contributed by atoms with E-state index in [0.29, 0.717) is 24.0 Å². The van der Waals surface area contributed by atoms with E-state index in [2.05, 4.69) is 20.3 Å². The molecular formula is C16H17N5O. The third kappa shape index (κ3) is 2.76. The number of phenolic OH excluding ortho intramolecular Hbond substituents is 1. The summed E-state index contributed by atoms with van der Waals surface area (Å²) in [5.41, 5.74) is 9.55. The Morgan fingerprint density at radius 3 is 2.55 bits per heavy atom. The van der Waals surface area contributed by atoms with E-state index in [4.69, 9.17) is 5.73 Å². The van der Waals surface area contributed by atoms with Crippen molar-refractivity contribution in [1.82, 2.24) is 15.0 Å². The fraction of sp³-hybridized carbons (Fsp3) is 0.188. The molecule has 0 amide bonds. The Kier molecular flexibility index (Phi) is 3.50. The molecule has 0 saturated heterocycles. The minimum absolute atomic E-state index is 0.241. The molecule has 2 aromatic heterocycles. The second kappa shape index (κ2) is 5.48. The summed E-state index contributed by atoms with van der Waals surface area (Å²) in [5.74, 6) is 1.10. The third-order valence-corrected chi connectivity index (χ3v) is 3.41. The summed E-state index contributed by atoms with van der Waals surface area (Å²) in [6.45, 7) is 4.44. The molecule has 22 heavy (non-hydrogen) atoms. The van der Waals surface area contributed by atoms with Gasteiger partial charge in [0.15, 0.2) is 5.65 Å². The van der Waals surface area contributed by atoms with Crippen molar-refractivity contribution in [2.24, 2.45) is 0 Å². The van der Waals surface area contributed by atoms with Crippen LogP contribution in [-0.4, -0.2) is 20.1 Å². The summed E-state index contributed by atoms with van der Waals surface area (Å²) in [6.07, 6.45) is 0. The van der Waals surface area contributed by atoms with Crippen molar-refractivity contribution in [2.45, 2.75) is 20.4 Å². The largest absolute Gasteiger partial charge is 0.508 e. The summed E-state index contributed by atoms with van der Waals surface area (Å²) < 4.78 is 0. The topological polar surface area (TPSA) is 97.0 Å². The maximum Gasteiger partial charge on any atom is 0.226 e. The van der Waals surface area contributed by atoms with E-state index in [-0.39, 0.29) is 5.75 Å². The summed E-state index contributed by atoms with van der Waals surface area (Å²) >= 11 is 0. The van der Waals surface area contributed by atoms with Crippen LogP contribution in [0.1, 0.15) is 16.8 Å². The van der Waals surface area contributed by atoms with Crippen molar-refractivity contribution in [3.8, 4) is 5.75 Å². The number of phenols is 1. The Hall–Kier alpha value is -2.89. The van der Waals surface area contributed by atoms with Crippen LogP contribution in [-0.2, 0) is 6.54 Å². The monoisotopic (exact) mass is 295 g/mol. The van der Waals surface area contributed by atoms with E-state index in [1.807, 2.05) is 32.0 Å². The van der Waals surface area contributed by atoms with Gasteiger partial charge in [0.05, 0.1) is 5.39 Å². The smallest absolute Gasteiger partial charge is 0.226 e. The minimum Gasteiger partial charge on any atom is -0.508 e. The van der Waals surface area contributed by atoms with Crippen LogP contribution in [0.15, 0.2) is 30.3 Å². The second-order valence-electron chi connectivity index (χ2n) is 5.23. The van der Waals surface area contributed by atoms with Crippen LogP contribution in [0.25, 0.3) is 11.0 Å². The molecule has 0 fully saturated rings. The van der Waals surface area contributed by atoms with E-state index in [1.54, 1.807) is 12.1 Å². The number of anilines is 2. The molecule has 0 radical (unpaired) electrons. The van der Waals surface area contributed by atoms with Crippen LogP contribution < -0.4 is 11.1 Å². The quantitative estimate of drug-likeness (QED) is 0.687. The van der Waals surface area contributed by atoms with Crippen LogP contribution in [0.5, 0.6) is 5.75 Å². The molecule has 0 unspecified atom stereocenters. The fourth-order valence-electron chi connectivity index (χ4n) is 2.38. The van der Waals surface area contributed by atoms with Gasteiger partial charge in [0, 0.05) is 12.2 Å². The second-order valence-corrected chi connectivity index (χ2v) is 5.23. The van der Waals surface area contributed by atoms with Gasteiger partial charge >= 0.3 is 0 Å². The number of nitrogens with one attached hydrogen (secondary N) is 1. The fourth-order valence-corrected chi connectivity index (χ4v) is 2.38. The third-order valence-electron chi connectivity index (χ3n) is 3.41. The average molecular weight is 295 g/mol. The molecule has 112 valence electrons. The maximum absolute atomic E-state index is 9.28. The first-order valence-corrected chi connectivity index (χ1v) is 6.96. The molecule has 2 heterocycles. The minimum atomic E-state index is 0.241. The highest BCUT2D eigenvalue weighted by atomic mass is 16.3. The lowest BCUT2D eigenvalue weighted by Crippen LogP contribution is -2.07. The summed E-state index contributed by atoms with van der Waals surface area (Å²) in [7, 11) is 0. The molecule has 3 aromatic rings. The number of hydrogen-bond donors (Lipinski definition) is 3. The van der Waals surface area contributed by atoms with Crippen LogP contribution in [0.3, 0.4) is 0 Å². The number of aromatic nitrogens is 3. The molecule has 6 heteroatoms. The van der Waals surface area contributed by atoms with Gasteiger partial charge in [-0.3, -0.25) is 0 Å². The lowest BCUT2D eigenvalue weighted by molar-refractivity contribution is 0.475. The molecule has 0 aliphatic heterocycles. The molecule has 0 atom stereocenters. The normalized spacial score (nSPS) is 10.8. The number of rotatable bonds is 3. The van der Waals surface area contributed by atoms with Gasteiger partial charge in [-0.05, 0) is 43.2 Å². The maximum atomic E-state index is 9.28. The summed E-state index contributed by atoms with van der Waals surface area (Å²) in [4.78, 5) is 13.1. The first kappa shape index (κ1) is 14.1. The van der Waals surface area contributed by atoms with Gasteiger partial charge in [0.25, 0.3) is 0 Å². The van der Waals surface area contributed by atoms with Gasteiger partial charge in [0.2, 0.25) is 5.95 Å². The molecule has 0 saturated carbocycles. The molecule has 0 aliphatic carbocycles. The molecule has 0 aliphatic rings. The molecule has 6 nitrogen and oxygen atoms in total. The highest BCUT2D eigenvalue weighted by molar-refractivity contribution is 5.89. The zero-order valence-electron chi connectivity index (χ0n) is 12.5. The number of aromatic hydroxyl groups is 1. The number of nitrogen functional groups attached to an aromatic ring is 1. The Morgan fingerprint density at radius 1 is 1.09 bits per heavy atom. The number of pyridine rings is 1. The van der Waals surface area contributed by atoms with Gasteiger partial charge in [0.1, 0.15) is 11.6 Å². The van der Waals surface area contributed by atoms with E-state index in [9.17, 15) is 5.11 Å². The van der Waals surface area contributed by atoms with E-state index in [0.717, 1.165) is 22.2 Å². The van der Waals surface area contributed by atoms with Crippen molar-refractivity contribution < 1.29 is 5.11 Å². The zero-order chi connectivity index (χ0) is 15.7. The van der Waals surface area contributed by atoms with Crippen molar-refractivity contribution in [2.75, 3.05) is 11.1 Å². The van der Waals surface area contributed by atoms with Crippen LogP contribution in [0, 0.1) is 13.8 Å². The van der Waals surface area contributed by atoms with E-state index >= 15 is 0 Å². The summed E-state index contributed by atoms with van der Waals surface area (Å²) in [5, 5.41) is 13.2. The van der Waals surface area contributed by atoms with Crippen LogP contribution in [0.2, 0.25) is 0 Å². The Morgan fingerprint density at radius 2 is 1.82 bits per heavy atom. The molecule has 0 spiro atoms. The first-order chi connectivity index (χ1) is 10.5. The van der Waals surface area contributed by atoms with E-state index in [1.165, 1.54) is 0 Å². The van der Waals surface area contributed by atoms with Crippen molar-refractivity contribution >= 4 is 22.8 Å². The lowest BCUT2D eigenvalue weighted by atomic mass is 10.1. The molecule has 4 N–H and O–H groups in total. The van der Waals surface area contributed by atoms with Gasteiger partial charge in [-0.2, -0.15) is 9.97 Å². The first-order valence-electron chi connectivity index (χ1n) is 6.96. The highest BCUT2D eigenvalue weighted by Crippen LogP contribution is 2.22. The van der Waals surface area contributed by atoms with Gasteiger partial charge in [-0.25, -0.2) is 4.98 Å². The van der Waals surface area contributed by atoms with Crippen molar-refractivity contribution in [3.05, 3.63) is 47.2 Å². The van der Waals surface area contributed by atoms with Crippen molar-refractivity contribution in [3.63, 3.8) is 0 Å². The highest BCUT2D eigenvalue weighted by Gasteiger charge is 2.09. The number of nitrogens with two attached hydrogens (primary N) is 1. The predicted molar refractivity (Wildman–Crippen MR) is 86.7 cm³/mol.